The van der Waals surface area contributed by atoms with Crippen LogP contribution in [0.4, 0.5) is 4.79 Å². The van der Waals surface area contributed by atoms with Crippen molar-refractivity contribution in [3.8, 4) is 0 Å². The average Bonchev–Trinajstić information content (AvgIpc) is 3.52. The fraction of sp³-hybridized carbons (Fsp3) is 0.700. The first-order valence-corrected chi connectivity index (χ1v) is 14.3. The van der Waals surface area contributed by atoms with Gasteiger partial charge in [0, 0.05) is 57.5 Å². The number of rotatable bonds is 8. The van der Waals surface area contributed by atoms with Crippen molar-refractivity contribution in [2.24, 2.45) is 17.3 Å². The lowest BCUT2D eigenvalue weighted by atomic mass is 9.76. The predicted molar refractivity (Wildman–Crippen MR) is 144 cm³/mol. The van der Waals surface area contributed by atoms with Crippen molar-refractivity contribution in [2.45, 2.75) is 77.3 Å². The zero-order valence-electron chi connectivity index (χ0n) is 23.0. The number of likely N-dealkylation sites (tertiary alicyclic amines) is 1. The summed E-state index contributed by atoms with van der Waals surface area (Å²) >= 11 is 0. The van der Waals surface area contributed by atoms with Gasteiger partial charge in [-0.1, -0.05) is 51.1 Å². The van der Waals surface area contributed by atoms with E-state index in [2.05, 4.69) is 55.3 Å². The highest BCUT2D eigenvalue weighted by molar-refractivity contribution is 6.07. The van der Waals surface area contributed by atoms with E-state index in [-0.39, 0.29) is 35.2 Å². The van der Waals surface area contributed by atoms with Gasteiger partial charge in [0.25, 0.3) is 5.91 Å². The maximum Gasteiger partial charge on any atom is 0.327 e. The molecule has 3 aliphatic heterocycles. The summed E-state index contributed by atoms with van der Waals surface area (Å²) in [5.41, 5.74) is 0.447. The molecule has 1 N–H and O–H groups in total. The van der Waals surface area contributed by atoms with E-state index in [0.29, 0.717) is 57.1 Å². The molecule has 3 amide bonds. The molecule has 1 spiro atoms. The maximum absolute atomic E-state index is 13.9. The highest BCUT2D eigenvalue weighted by atomic mass is 16.2. The van der Waals surface area contributed by atoms with E-state index in [9.17, 15) is 14.4 Å². The predicted octanol–water partition coefficient (Wildman–Crippen LogP) is 3.89. The minimum atomic E-state index is -0.748. The quantitative estimate of drug-likeness (QED) is 0.540. The second-order valence-electron chi connectivity index (χ2n) is 12.9. The van der Waals surface area contributed by atoms with Gasteiger partial charge in [-0.2, -0.15) is 0 Å². The lowest BCUT2D eigenvalue weighted by Crippen LogP contribution is -2.60. The van der Waals surface area contributed by atoms with Crippen LogP contribution in [-0.2, 0) is 9.59 Å². The Balaban J connectivity index is 1.38. The second-order valence-corrected chi connectivity index (χ2v) is 12.9. The van der Waals surface area contributed by atoms with Crippen LogP contribution in [0.1, 0.15) is 71.3 Å². The van der Waals surface area contributed by atoms with Crippen LogP contribution in [0.5, 0.6) is 0 Å². The number of piperidine rings is 1. The van der Waals surface area contributed by atoms with Gasteiger partial charge in [-0.3, -0.25) is 19.4 Å². The SMILES string of the molecule is CCN1C(=O)N(CC2CC2)C(=O)C12CCN(C(C(=O)CC(C)(C)C)[C@@H]1CNC[C@@H]1c1ccccc1)CC2. The van der Waals surface area contributed by atoms with Crippen molar-refractivity contribution < 1.29 is 14.4 Å². The summed E-state index contributed by atoms with van der Waals surface area (Å²) in [5, 5.41) is 3.57. The fourth-order valence-corrected chi connectivity index (χ4v) is 7.03. The van der Waals surface area contributed by atoms with E-state index >= 15 is 0 Å². The number of likely N-dealkylation sites (N-methyl/N-ethyl adjacent to an activating group) is 1. The van der Waals surface area contributed by atoms with Crippen molar-refractivity contribution >= 4 is 17.7 Å². The summed E-state index contributed by atoms with van der Waals surface area (Å²) in [7, 11) is 0. The molecule has 1 aromatic carbocycles. The van der Waals surface area contributed by atoms with E-state index in [1.54, 1.807) is 0 Å². The Hall–Kier alpha value is -2.25. The normalized spacial score (nSPS) is 27.4. The minimum absolute atomic E-state index is 0.00633. The number of hydrogen-bond acceptors (Lipinski definition) is 5. The number of ketones is 1. The molecule has 7 heteroatoms. The highest BCUT2D eigenvalue weighted by Gasteiger charge is 2.58. The Bertz CT molecular complexity index is 1010. The molecule has 3 saturated heterocycles. The molecule has 7 nitrogen and oxygen atoms in total. The lowest BCUT2D eigenvalue weighted by molar-refractivity contribution is -0.137. The van der Waals surface area contributed by atoms with Gasteiger partial charge in [-0.05, 0) is 49.5 Å². The van der Waals surface area contributed by atoms with Crippen molar-refractivity contribution in [3.05, 3.63) is 35.9 Å². The van der Waals surface area contributed by atoms with E-state index in [1.165, 1.54) is 10.5 Å². The minimum Gasteiger partial charge on any atom is -0.316 e. The van der Waals surface area contributed by atoms with Crippen LogP contribution < -0.4 is 5.32 Å². The van der Waals surface area contributed by atoms with Crippen molar-refractivity contribution in [2.75, 3.05) is 39.3 Å². The summed E-state index contributed by atoms with van der Waals surface area (Å²) < 4.78 is 0. The van der Waals surface area contributed by atoms with Crippen LogP contribution in [0.2, 0.25) is 0 Å². The molecule has 1 aliphatic carbocycles. The Morgan fingerprint density at radius 3 is 2.35 bits per heavy atom. The van der Waals surface area contributed by atoms with Crippen molar-refractivity contribution in [3.63, 3.8) is 0 Å². The smallest absolute Gasteiger partial charge is 0.316 e. The Kier molecular flexibility index (Phi) is 7.22. The average molecular weight is 509 g/mol. The number of nitrogens with one attached hydrogen (secondary N) is 1. The first-order chi connectivity index (χ1) is 17.6. The summed E-state index contributed by atoms with van der Waals surface area (Å²) in [6.45, 7) is 12.5. The third kappa shape index (κ3) is 5.09. The lowest BCUT2D eigenvalue weighted by Gasteiger charge is -2.46. The third-order valence-electron chi connectivity index (χ3n) is 9.02. The number of imide groups is 1. The number of carbonyl (C=O) groups excluding carboxylic acids is 3. The zero-order chi connectivity index (χ0) is 26.4. The molecular weight excluding hydrogens is 464 g/mol. The van der Waals surface area contributed by atoms with Gasteiger partial charge in [0.15, 0.2) is 5.78 Å². The largest absolute Gasteiger partial charge is 0.327 e. The van der Waals surface area contributed by atoms with E-state index < -0.39 is 5.54 Å². The van der Waals surface area contributed by atoms with Crippen LogP contribution in [0.3, 0.4) is 0 Å². The Morgan fingerprint density at radius 1 is 1.08 bits per heavy atom. The number of carbonyl (C=O) groups is 3. The van der Waals surface area contributed by atoms with Crippen LogP contribution in [0.15, 0.2) is 30.3 Å². The molecule has 0 bridgehead atoms. The maximum atomic E-state index is 13.9. The van der Waals surface area contributed by atoms with E-state index in [4.69, 9.17) is 0 Å². The number of hydrogen-bond donors (Lipinski definition) is 1. The molecule has 4 fully saturated rings. The molecule has 202 valence electrons. The molecule has 1 aromatic rings. The van der Waals surface area contributed by atoms with Gasteiger partial charge in [0.05, 0.1) is 6.04 Å². The van der Waals surface area contributed by atoms with E-state index in [0.717, 1.165) is 25.9 Å². The van der Waals surface area contributed by atoms with E-state index in [1.807, 2.05) is 17.9 Å². The van der Waals surface area contributed by atoms with Crippen LogP contribution in [-0.4, -0.2) is 83.3 Å². The first kappa shape index (κ1) is 26.4. The highest BCUT2D eigenvalue weighted by Crippen LogP contribution is 2.42. The molecule has 5 rings (SSSR count). The molecule has 1 saturated carbocycles. The topological polar surface area (TPSA) is 73.0 Å². The number of Topliss-reactive ketones (excluding diaryl/α,β-unsaturated/α-hetero) is 1. The molecule has 3 atom stereocenters. The molecule has 37 heavy (non-hydrogen) atoms. The Labute approximate surface area is 221 Å². The second kappa shape index (κ2) is 10.1. The van der Waals surface area contributed by atoms with Crippen molar-refractivity contribution in [1.82, 2.24) is 20.0 Å². The standard InChI is InChI=1S/C30H44N4O3/c1-5-34-28(37)33(20-21-11-12-21)27(36)30(34)13-15-32(16-14-30)26(25(35)17-29(2,3)4)24-19-31-18-23(24)22-9-7-6-8-10-22/h6-10,21,23-24,26,31H,5,11-20H2,1-4H3/t23-,24-,26?/m1/s1. The molecule has 3 heterocycles. The van der Waals surface area contributed by atoms with Crippen molar-refractivity contribution in [1.29, 1.82) is 0 Å². The monoisotopic (exact) mass is 508 g/mol. The number of amides is 3. The molecule has 1 unspecified atom stereocenters. The molecular formula is C30H44N4O3. The zero-order valence-corrected chi connectivity index (χ0v) is 23.0. The Morgan fingerprint density at radius 2 is 1.76 bits per heavy atom. The summed E-state index contributed by atoms with van der Waals surface area (Å²) in [4.78, 5) is 46.6. The molecule has 0 radical (unpaired) electrons. The van der Waals surface area contributed by atoms with Crippen LogP contribution in [0.25, 0.3) is 0 Å². The van der Waals surface area contributed by atoms with Gasteiger partial charge in [-0.15, -0.1) is 0 Å². The number of nitrogens with zero attached hydrogens (tertiary/aromatic N) is 3. The van der Waals surface area contributed by atoms with Gasteiger partial charge in [0.2, 0.25) is 0 Å². The van der Waals surface area contributed by atoms with Gasteiger partial charge in [-0.25, -0.2) is 4.79 Å². The summed E-state index contributed by atoms with van der Waals surface area (Å²) in [6, 6.07) is 10.3. The third-order valence-corrected chi connectivity index (χ3v) is 9.02. The molecule has 4 aliphatic rings. The summed E-state index contributed by atoms with van der Waals surface area (Å²) in [6.07, 6.45) is 3.95. The van der Waals surface area contributed by atoms with Gasteiger partial charge >= 0.3 is 6.03 Å². The summed E-state index contributed by atoms with van der Waals surface area (Å²) in [5.74, 6) is 1.23. The van der Waals surface area contributed by atoms with Gasteiger partial charge < -0.3 is 10.2 Å². The number of benzene rings is 1. The molecule has 0 aromatic heterocycles. The fourth-order valence-electron chi connectivity index (χ4n) is 7.03. The first-order valence-electron chi connectivity index (χ1n) is 14.3. The van der Waals surface area contributed by atoms with Crippen LogP contribution in [0, 0.1) is 17.3 Å². The number of urea groups is 1. The van der Waals surface area contributed by atoms with Gasteiger partial charge in [0.1, 0.15) is 5.54 Å². The van der Waals surface area contributed by atoms with Crippen LogP contribution >= 0.6 is 0 Å².